The van der Waals surface area contributed by atoms with Gasteiger partial charge in [-0.15, -0.1) is 0 Å². The molecule has 3 rings (SSSR count). The Morgan fingerprint density at radius 1 is 1.04 bits per heavy atom. The fourth-order valence-corrected chi connectivity index (χ4v) is 3.90. The van der Waals surface area contributed by atoms with Crippen LogP contribution in [0.5, 0.6) is 0 Å². The van der Waals surface area contributed by atoms with Crippen molar-refractivity contribution in [3.05, 3.63) is 59.6 Å². The summed E-state index contributed by atoms with van der Waals surface area (Å²) in [6.45, 7) is 4.61. The van der Waals surface area contributed by atoms with Gasteiger partial charge in [-0.2, -0.15) is 0 Å². The molecule has 0 aliphatic carbocycles. The van der Waals surface area contributed by atoms with Crippen molar-refractivity contribution in [3.8, 4) is 0 Å². The molecular formula is C18H18N4O4S. The number of ketones is 1. The topological polar surface area (TPSA) is 114 Å². The van der Waals surface area contributed by atoms with Crippen molar-refractivity contribution in [1.29, 1.82) is 0 Å². The Morgan fingerprint density at radius 3 is 2.22 bits per heavy atom. The van der Waals surface area contributed by atoms with Crippen LogP contribution in [0.1, 0.15) is 28.7 Å². The number of nitrogens with one attached hydrogen (secondary N) is 2. The number of anilines is 3. The Bertz CT molecular complexity index is 1050. The summed E-state index contributed by atoms with van der Waals surface area (Å²) in [6, 6.07) is 10.2. The van der Waals surface area contributed by atoms with Gasteiger partial charge in [0.2, 0.25) is 0 Å². The van der Waals surface area contributed by atoms with Crippen molar-refractivity contribution in [2.75, 3.05) is 10.0 Å². The number of benzene rings is 1. The Morgan fingerprint density at radius 2 is 1.70 bits per heavy atom. The monoisotopic (exact) mass is 386 g/mol. The number of nitrogens with zero attached hydrogens (tertiary/aromatic N) is 2. The van der Waals surface area contributed by atoms with Gasteiger partial charge in [-0.1, -0.05) is 5.16 Å². The van der Waals surface area contributed by atoms with E-state index in [-0.39, 0.29) is 16.4 Å². The third-order valence-corrected chi connectivity index (χ3v) is 5.44. The SMILES string of the molecule is CC(=O)c1ccc(Nc2ccc(NS(=O)(=O)c3c(C)noc3C)cn2)cc1. The van der Waals surface area contributed by atoms with E-state index >= 15 is 0 Å². The van der Waals surface area contributed by atoms with Gasteiger partial charge in [0, 0.05) is 11.3 Å². The first-order chi connectivity index (χ1) is 12.8. The second-order valence-corrected chi connectivity index (χ2v) is 7.57. The quantitative estimate of drug-likeness (QED) is 0.624. The third-order valence-electron chi connectivity index (χ3n) is 3.82. The molecule has 0 bridgehead atoms. The lowest BCUT2D eigenvalue weighted by Crippen LogP contribution is -2.14. The molecule has 0 saturated carbocycles. The molecule has 3 aromatic rings. The zero-order chi connectivity index (χ0) is 19.6. The molecule has 2 N–H and O–H groups in total. The van der Waals surface area contributed by atoms with Gasteiger partial charge in [-0.05, 0) is 57.2 Å². The standard InChI is InChI=1S/C18H18N4O4S/c1-11-18(13(3)26-21-11)27(24,25)22-16-8-9-17(19-10-16)20-15-6-4-14(5-7-15)12(2)23/h4-10,22H,1-3H3,(H,19,20). The minimum Gasteiger partial charge on any atom is -0.360 e. The number of aryl methyl sites for hydroxylation is 2. The Labute approximate surface area is 156 Å². The van der Waals surface area contributed by atoms with Crippen molar-refractivity contribution < 1.29 is 17.7 Å². The van der Waals surface area contributed by atoms with Crippen LogP contribution in [-0.4, -0.2) is 24.3 Å². The first kappa shape index (κ1) is 18.6. The van der Waals surface area contributed by atoms with Crippen LogP contribution < -0.4 is 10.0 Å². The number of rotatable bonds is 6. The van der Waals surface area contributed by atoms with E-state index in [1.807, 2.05) is 0 Å². The van der Waals surface area contributed by atoms with Gasteiger partial charge < -0.3 is 9.84 Å². The lowest BCUT2D eigenvalue weighted by Gasteiger charge is -2.09. The second kappa shape index (κ2) is 7.20. The Hall–Kier alpha value is -3.20. The van der Waals surface area contributed by atoms with E-state index in [0.717, 1.165) is 5.69 Å². The van der Waals surface area contributed by atoms with Crippen LogP contribution in [-0.2, 0) is 10.0 Å². The van der Waals surface area contributed by atoms with Crippen molar-refractivity contribution in [1.82, 2.24) is 10.1 Å². The van der Waals surface area contributed by atoms with Crippen molar-refractivity contribution in [2.24, 2.45) is 0 Å². The van der Waals surface area contributed by atoms with Crippen molar-refractivity contribution in [2.45, 2.75) is 25.7 Å². The molecule has 0 radical (unpaired) electrons. The molecule has 0 unspecified atom stereocenters. The highest BCUT2D eigenvalue weighted by molar-refractivity contribution is 7.92. The molecule has 0 amide bonds. The molecular weight excluding hydrogens is 368 g/mol. The number of carbonyl (C=O) groups excluding carboxylic acids is 1. The van der Waals surface area contributed by atoms with Gasteiger partial charge in [0.05, 0.1) is 11.9 Å². The van der Waals surface area contributed by atoms with Gasteiger partial charge in [0.1, 0.15) is 11.5 Å². The molecule has 0 fully saturated rings. The first-order valence-corrected chi connectivity index (χ1v) is 9.54. The maximum Gasteiger partial charge on any atom is 0.267 e. The normalized spacial score (nSPS) is 11.2. The summed E-state index contributed by atoms with van der Waals surface area (Å²) < 4.78 is 32.3. The summed E-state index contributed by atoms with van der Waals surface area (Å²) in [5, 5.41) is 6.74. The fraction of sp³-hybridized carbons (Fsp3) is 0.167. The first-order valence-electron chi connectivity index (χ1n) is 8.06. The smallest absolute Gasteiger partial charge is 0.267 e. The molecule has 0 atom stereocenters. The van der Waals surface area contributed by atoms with Crippen LogP contribution >= 0.6 is 0 Å². The van der Waals surface area contributed by atoms with E-state index in [0.29, 0.717) is 22.8 Å². The van der Waals surface area contributed by atoms with Crippen molar-refractivity contribution >= 4 is 33.0 Å². The molecule has 27 heavy (non-hydrogen) atoms. The summed E-state index contributed by atoms with van der Waals surface area (Å²) in [4.78, 5) is 15.5. The number of Topliss-reactive ketones (excluding diaryl/α,β-unsaturated/α-hetero) is 1. The average molecular weight is 386 g/mol. The number of hydrogen-bond acceptors (Lipinski definition) is 7. The number of hydrogen-bond donors (Lipinski definition) is 2. The van der Waals surface area contributed by atoms with Gasteiger partial charge in [-0.25, -0.2) is 13.4 Å². The molecule has 9 heteroatoms. The van der Waals surface area contributed by atoms with Crippen molar-refractivity contribution in [3.63, 3.8) is 0 Å². The van der Waals surface area contributed by atoms with E-state index < -0.39 is 10.0 Å². The van der Waals surface area contributed by atoms with E-state index in [1.165, 1.54) is 20.0 Å². The molecule has 0 spiro atoms. The van der Waals surface area contributed by atoms with E-state index in [2.05, 4.69) is 20.2 Å². The zero-order valence-corrected chi connectivity index (χ0v) is 15.8. The van der Waals surface area contributed by atoms with Crippen LogP contribution in [0.3, 0.4) is 0 Å². The molecule has 2 aromatic heterocycles. The predicted molar refractivity (Wildman–Crippen MR) is 101 cm³/mol. The van der Waals surface area contributed by atoms with E-state index in [1.54, 1.807) is 43.3 Å². The summed E-state index contributed by atoms with van der Waals surface area (Å²) in [6.07, 6.45) is 1.40. The molecule has 0 aliphatic rings. The number of carbonyl (C=O) groups is 1. The summed E-state index contributed by atoms with van der Waals surface area (Å²) in [7, 11) is -3.81. The number of sulfonamides is 1. The molecule has 140 valence electrons. The fourth-order valence-electron chi connectivity index (χ4n) is 2.53. The highest BCUT2D eigenvalue weighted by Gasteiger charge is 2.24. The average Bonchev–Trinajstić information content (AvgIpc) is 2.96. The maximum absolute atomic E-state index is 12.5. The van der Waals surface area contributed by atoms with Crippen LogP contribution in [0.15, 0.2) is 52.0 Å². The number of aromatic nitrogens is 2. The van der Waals surface area contributed by atoms with Gasteiger partial charge in [0.25, 0.3) is 10.0 Å². The highest BCUT2D eigenvalue weighted by atomic mass is 32.2. The minimum absolute atomic E-state index is 0.00499. The zero-order valence-electron chi connectivity index (χ0n) is 15.0. The van der Waals surface area contributed by atoms with Crippen LogP contribution in [0, 0.1) is 13.8 Å². The summed E-state index contributed by atoms with van der Waals surface area (Å²) in [5.41, 5.74) is 1.99. The minimum atomic E-state index is -3.81. The van der Waals surface area contributed by atoms with Gasteiger partial charge in [0.15, 0.2) is 16.4 Å². The molecule has 8 nitrogen and oxygen atoms in total. The lowest BCUT2D eigenvalue weighted by molar-refractivity contribution is 0.101. The molecule has 2 heterocycles. The second-order valence-electron chi connectivity index (χ2n) is 5.95. The van der Waals surface area contributed by atoms with Gasteiger partial charge in [-0.3, -0.25) is 9.52 Å². The van der Waals surface area contributed by atoms with Crippen LogP contribution in [0.25, 0.3) is 0 Å². The predicted octanol–water partition coefficient (Wildman–Crippen LogP) is 3.43. The Balaban J connectivity index is 1.73. The maximum atomic E-state index is 12.5. The molecule has 0 aliphatic heterocycles. The van der Waals surface area contributed by atoms with Crippen LogP contribution in [0.4, 0.5) is 17.2 Å². The highest BCUT2D eigenvalue weighted by Crippen LogP contribution is 2.23. The summed E-state index contributed by atoms with van der Waals surface area (Å²) >= 11 is 0. The molecule has 0 saturated heterocycles. The van der Waals surface area contributed by atoms with E-state index in [4.69, 9.17) is 4.52 Å². The third kappa shape index (κ3) is 4.14. The van der Waals surface area contributed by atoms with Crippen LogP contribution in [0.2, 0.25) is 0 Å². The largest absolute Gasteiger partial charge is 0.360 e. The van der Waals surface area contributed by atoms with E-state index in [9.17, 15) is 13.2 Å². The molecule has 1 aromatic carbocycles. The van der Waals surface area contributed by atoms with Gasteiger partial charge >= 0.3 is 0 Å². The Kier molecular flexibility index (Phi) is 4.95. The summed E-state index contributed by atoms with van der Waals surface area (Å²) in [5.74, 6) is 0.751. The lowest BCUT2D eigenvalue weighted by atomic mass is 10.1. The number of pyridine rings is 1.